The second-order valence-corrected chi connectivity index (χ2v) is 4.44. The van der Waals surface area contributed by atoms with Crippen LogP contribution in [0.15, 0.2) is 48.8 Å². The van der Waals surface area contributed by atoms with Gasteiger partial charge in [0.25, 0.3) is 0 Å². The van der Waals surface area contributed by atoms with E-state index in [4.69, 9.17) is 10.5 Å². The molecule has 0 spiro atoms. The summed E-state index contributed by atoms with van der Waals surface area (Å²) in [5.74, 6) is 6.88. The van der Waals surface area contributed by atoms with Gasteiger partial charge in [0, 0.05) is 18.0 Å². The second kappa shape index (κ2) is 7.11. The molecule has 2 amide bonds. The van der Waals surface area contributed by atoms with Crippen molar-refractivity contribution in [3.8, 4) is 23.3 Å². The number of hydrogen-bond acceptors (Lipinski definition) is 4. The summed E-state index contributed by atoms with van der Waals surface area (Å²) in [6.07, 6.45) is 3.28. The van der Waals surface area contributed by atoms with Crippen LogP contribution in [0.1, 0.15) is 12.5 Å². The van der Waals surface area contributed by atoms with Crippen molar-refractivity contribution in [2.45, 2.75) is 13.0 Å². The third kappa shape index (κ3) is 4.23. The van der Waals surface area contributed by atoms with E-state index in [0.717, 1.165) is 0 Å². The Balaban J connectivity index is 2.11. The molecule has 0 radical (unpaired) electrons. The van der Waals surface area contributed by atoms with E-state index >= 15 is 0 Å². The topological polar surface area (TPSA) is 88.7 Å². The number of hydrogen-bond donors (Lipinski definition) is 2. The fourth-order valence-electron chi connectivity index (χ4n) is 1.62. The van der Waals surface area contributed by atoms with E-state index in [-0.39, 0.29) is 0 Å². The van der Waals surface area contributed by atoms with Crippen LogP contribution < -0.4 is 10.5 Å². The molecule has 0 saturated carbocycles. The van der Waals surface area contributed by atoms with Crippen LogP contribution in [0.5, 0.6) is 11.5 Å². The van der Waals surface area contributed by atoms with Gasteiger partial charge in [-0.25, -0.2) is 4.79 Å². The maximum Gasteiger partial charge on any atom is 0.339 e. The van der Waals surface area contributed by atoms with Crippen LogP contribution >= 0.6 is 0 Å². The number of carbonyl (C=O) groups is 1. The summed E-state index contributed by atoms with van der Waals surface area (Å²) in [4.78, 5) is 14.7. The van der Waals surface area contributed by atoms with Gasteiger partial charge in [0.05, 0.1) is 0 Å². The number of amides is 2. The van der Waals surface area contributed by atoms with E-state index in [2.05, 4.69) is 16.8 Å². The zero-order chi connectivity index (χ0) is 15.9. The Morgan fingerprint density at radius 1 is 1.32 bits per heavy atom. The molecular weight excluding hydrogens is 282 g/mol. The molecule has 0 aliphatic heterocycles. The second-order valence-electron chi connectivity index (χ2n) is 4.44. The summed E-state index contributed by atoms with van der Waals surface area (Å²) < 4.78 is 5.67. The van der Waals surface area contributed by atoms with Crippen molar-refractivity contribution in [2.75, 3.05) is 0 Å². The molecule has 1 atom stereocenters. The van der Waals surface area contributed by atoms with Crippen molar-refractivity contribution >= 4 is 6.03 Å². The van der Waals surface area contributed by atoms with Gasteiger partial charge in [-0.3, -0.25) is 10.2 Å². The van der Waals surface area contributed by atoms with Gasteiger partial charge in [-0.15, -0.1) is 0 Å². The van der Waals surface area contributed by atoms with Crippen LogP contribution in [0.2, 0.25) is 0 Å². The van der Waals surface area contributed by atoms with Gasteiger partial charge in [-0.2, -0.15) is 5.06 Å². The molecule has 1 aromatic heterocycles. The summed E-state index contributed by atoms with van der Waals surface area (Å²) in [5.41, 5.74) is 5.65. The molecule has 6 heteroatoms. The zero-order valence-electron chi connectivity index (χ0n) is 11.9. The van der Waals surface area contributed by atoms with E-state index in [1.54, 1.807) is 55.7 Å². The molecule has 112 valence electrons. The van der Waals surface area contributed by atoms with E-state index in [9.17, 15) is 10.0 Å². The molecule has 1 aromatic carbocycles. The lowest BCUT2D eigenvalue weighted by Gasteiger charge is -2.14. The molecule has 3 N–H and O–H groups in total. The third-order valence-electron chi connectivity index (χ3n) is 2.74. The first-order valence-corrected chi connectivity index (χ1v) is 6.53. The average molecular weight is 297 g/mol. The van der Waals surface area contributed by atoms with Crippen LogP contribution in [0.3, 0.4) is 0 Å². The van der Waals surface area contributed by atoms with E-state index < -0.39 is 12.1 Å². The maximum atomic E-state index is 10.8. The zero-order valence-corrected chi connectivity index (χ0v) is 11.9. The molecule has 0 aliphatic rings. The Kier molecular flexibility index (Phi) is 4.96. The van der Waals surface area contributed by atoms with Crippen LogP contribution in [0, 0.1) is 11.8 Å². The number of nitrogens with zero attached hydrogens (tertiary/aromatic N) is 2. The number of benzene rings is 1. The summed E-state index contributed by atoms with van der Waals surface area (Å²) in [7, 11) is 0. The highest BCUT2D eigenvalue weighted by Gasteiger charge is 2.11. The summed E-state index contributed by atoms with van der Waals surface area (Å²) >= 11 is 0. The number of pyridine rings is 1. The average Bonchev–Trinajstić information content (AvgIpc) is 2.53. The van der Waals surface area contributed by atoms with Crippen molar-refractivity contribution in [1.82, 2.24) is 10.0 Å². The normalized spacial score (nSPS) is 11.0. The molecule has 0 saturated heterocycles. The highest BCUT2D eigenvalue weighted by molar-refractivity contribution is 5.71. The van der Waals surface area contributed by atoms with Gasteiger partial charge in [-0.05, 0) is 37.3 Å². The Bertz CT molecular complexity index is 707. The predicted molar refractivity (Wildman–Crippen MR) is 80.3 cm³/mol. The van der Waals surface area contributed by atoms with Crippen LogP contribution in [-0.4, -0.2) is 27.3 Å². The van der Waals surface area contributed by atoms with Crippen molar-refractivity contribution in [3.05, 3.63) is 54.4 Å². The summed E-state index contributed by atoms with van der Waals surface area (Å²) in [5, 5.41) is 9.73. The van der Waals surface area contributed by atoms with Crippen molar-refractivity contribution < 1.29 is 14.7 Å². The van der Waals surface area contributed by atoms with Gasteiger partial charge in [0.15, 0.2) is 0 Å². The standard InChI is InChI=1S/C16H15N3O3/c1-12(19(21)16(17)20)5-6-13-3-2-4-15(11-13)22-14-7-9-18-10-8-14/h2-4,7-12,21H,1H3,(H2,17,20). The van der Waals surface area contributed by atoms with Crippen molar-refractivity contribution in [2.24, 2.45) is 5.73 Å². The first-order valence-electron chi connectivity index (χ1n) is 6.53. The van der Waals surface area contributed by atoms with Crippen LogP contribution in [-0.2, 0) is 0 Å². The Morgan fingerprint density at radius 3 is 2.73 bits per heavy atom. The third-order valence-corrected chi connectivity index (χ3v) is 2.74. The van der Waals surface area contributed by atoms with Crippen molar-refractivity contribution in [3.63, 3.8) is 0 Å². The fourth-order valence-corrected chi connectivity index (χ4v) is 1.62. The van der Waals surface area contributed by atoms with E-state index in [1.165, 1.54) is 0 Å². The van der Waals surface area contributed by atoms with Gasteiger partial charge in [0.2, 0.25) is 0 Å². The number of ether oxygens (including phenoxy) is 1. The van der Waals surface area contributed by atoms with E-state index in [1.807, 2.05) is 0 Å². The van der Waals surface area contributed by atoms with Crippen LogP contribution in [0.4, 0.5) is 4.79 Å². The monoisotopic (exact) mass is 297 g/mol. The minimum absolute atomic E-state index is 0.379. The Labute approximate surface area is 128 Å². The number of primary amides is 1. The number of nitrogens with two attached hydrogens (primary N) is 1. The van der Waals surface area contributed by atoms with Gasteiger partial charge in [-0.1, -0.05) is 17.9 Å². The van der Waals surface area contributed by atoms with Crippen LogP contribution in [0.25, 0.3) is 0 Å². The predicted octanol–water partition coefficient (Wildman–Crippen LogP) is 2.38. The van der Waals surface area contributed by atoms with Crippen molar-refractivity contribution in [1.29, 1.82) is 0 Å². The number of hydroxylamine groups is 2. The Hall–Kier alpha value is -3.04. The minimum Gasteiger partial charge on any atom is -0.457 e. The summed E-state index contributed by atoms with van der Waals surface area (Å²) in [6.45, 7) is 1.56. The molecule has 2 aromatic rings. The van der Waals surface area contributed by atoms with Gasteiger partial charge in [0.1, 0.15) is 17.5 Å². The lowest BCUT2D eigenvalue weighted by molar-refractivity contribution is -0.0536. The van der Waals surface area contributed by atoms with Gasteiger partial charge >= 0.3 is 6.03 Å². The molecule has 0 aliphatic carbocycles. The molecule has 22 heavy (non-hydrogen) atoms. The molecule has 0 bridgehead atoms. The largest absolute Gasteiger partial charge is 0.457 e. The SMILES string of the molecule is CC(C#Cc1cccc(Oc2ccncc2)c1)N(O)C(N)=O. The quantitative estimate of drug-likeness (QED) is 0.517. The first-order chi connectivity index (χ1) is 10.6. The lowest BCUT2D eigenvalue weighted by Crippen LogP contribution is -2.38. The first kappa shape index (κ1) is 15.4. The minimum atomic E-state index is -0.948. The fraction of sp³-hybridized carbons (Fsp3) is 0.125. The maximum absolute atomic E-state index is 10.8. The Morgan fingerprint density at radius 2 is 2.05 bits per heavy atom. The van der Waals surface area contributed by atoms with Gasteiger partial charge < -0.3 is 10.5 Å². The van der Waals surface area contributed by atoms with E-state index in [0.29, 0.717) is 22.1 Å². The summed E-state index contributed by atoms with van der Waals surface area (Å²) in [6, 6.07) is 9.00. The number of urea groups is 1. The molecule has 0 fully saturated rings. The number of carbonyl (C=O) groups excluding carboxylic acids is 1. The molecule has 1 unspecified atom stereocenters. The molecule has 6 nitrogen and oxygen atoms in total. The highest BCUT2D eigenvalue weighted by atomic mass is 16.5. The number of rotatable bonds is 3. The molecule has 2 rings (SSSR count). The smallest absolute Gasteiger partial charge is 0.339 e. The number of aromatic nitrogens is 1. The molecular formula is C16H15N3O3. The lowest BCUT2D eigenvalue weighted by atomic mass is 10.2. The molecule has 1 heterocycles. The highest BCUT2D eigenvalue weighted by Crippen LogP contribution is 2.20.